The van der Waals surface area contributed by atoms with Crippen LogP contribution in [0.3, 0.4) is 0 Å². The molecule has 0 spiro atoms. The summed E-state index contributed by atoms with van der Waals surface area (Å²) in [5.41, 5.74) is 0. The zero-order valence-electron chi connectivity index (χ0n) is 6.98. The molecule has 0 rings (SSSR count). The van der Waals surface area contributed by atoms with Crippen LogP contribution in [0.1, 0.15) is 33.6 Å². The van der Waals surface area contributed by atoms with Crippen LogP contribution in [0.4, 0.5) is 0 Å². The van der Waals surface area contributed by atoms with Gasteiger partial charge in [-0.1, -0.05) is 20.8 Å². The lowest BCUT2D eigenvalue weighted by atomic mass is 10.0. The Balaban J connectivity index is 3.31. The number of methoxy groups -OCH3 is 1. The Morgan fingerprint density at radius 1 is 1.33 bits per heavy atom. The molecule has 0 fully saturated rings. The largest absolute Gasteiger partial charge is 0.381 e. The van der Waals surface area contributed by atoms with Crippen LogP contribution < -0.4 is 0 Å². The Hall–Kier alpha value is -0.0400. The SMILES string of the molecule is CCC(CC(C)C)OC. The van der Waals surface area contributed by atoms with E-state index in [1.54, 1.807) is 7.11 Å². The van der Waals surface area contributed by atoms with Crippen molar-refractivity contribution in [3.05, 3.63) is 0 Å². The van der Waals surface area contributed by atoms with Crippen LogP contribution in [-0.4, -0.2) is 13.2 Å². The summed E-state index contributed by atoms with van der Waals surface area (Å²) >= 11 is 0. The third-order valence-electron chi connectivity index (χ3n) is 1.52. The summed E-state index contributed by atoms with van der Waals surface area (Å²) in [6, 6.07) is 0. The van der Waals surface area contributed by atoms with Crippen molar-refractivity contribution in [1.82, 2.24) is 0 Å². The molecule has 0 heterocycles. The molecule has 1 nitrogen and oxygen atoms in total. The van der Waals surface area contributed by atoms with E-state index in [1.807, 2.05) is 0 Å². The maximum atomic E-state index is 5.21. The van der Waals surface area contributed by atoms with Gasteiger partial charge in [0, 0.05) is 7.11 Å². The van der Waals surface area contributed by atoms with E-state index in [-0.39, 0.29) is 0 Å². The molecule has 0 aromatic rings. The molecular formula is C8H18O. The molecule has 1 unspecified atom stereocenters. The quantitative estimate of drug-likeness (QED) is 0.568. The van der Waals surface area contributed by atoms with Gasteiger partial charge in [0.05, 0.1) is 6.10 Å². The third kappa shape index (κ3) is 4.46. The molecule has 0 saturated carbocycles. The molecule has 0 aromatic heterocycles. The minimum atomic E-state index is 0.477. The van der Waals surface area contributed by atoms with Gasteiger partial charge in [0.25, 0.3) is 0 Å². The van der Waals surface area contributed by atoms with Crippen LogP contribution in [0, 0.1) is 5.92 Å². The maximum Gasteiger partial charge on any atom is 0.0571 e. The van der Waals surface area contributed by atoms with Gasteiger partial charge in [-0.2, -0.15) is 0 Å². The van der Waals surface area contributed by atoms with Gasteiger partial charge in [0.15, 0.2) is 0 Å². The van der Waals surface area contributed by atoms with Crippen LogP contribution in [-0.2, 0) is 4.74 Å². The Labute approximate surface area is 58.4 Å². The summed E-state index contributed by atoms with van der Waals surface area (Å²) in [6.07, 6.45) is 2.80. The molecule has 0 radical (unpaired) electrons. The topological polar surface area (TPSA) is 9.23 Å². The molecule has 0 aliphatic carbocycles. The van der Waals surface area contributed by atoms with E-state index in [0.717, 1.165) is 12.3 Å². The number of hydrogen-bond donors (Lipinski definition) is 0. The van der Waals surface area contributed by atoms with Crippen LogP contribution in [0.5, 0.6) is 0 Å². The van der Waals surface area contributed by atoms with Crippen molar-refractivity contribution >= 4 is 0 Å². The van der Waals surface area contributed by atoms with Crippen molar-refractivity contribution in [2.24, 2.45) is 5.92 Å². The summed E-state index contributed by atoms with van der Waals surface area (Å²) < 4.78 is 5.21. The van der Waals surface area contributed by atoms with Gasteiger partial charge in [-0.05, 0) is 18.8 Å². The highest BCUT2D eigenvalue weighted by Gasteiger charge is 2.05. The molecule has 9 heavy (non-hydrogen) atoms. The van der Waals surface area contributed by atoms with E-state index in [4.69, 9.17) is 4.74 Å². The average Bonchev–Trinajstić information content (AvgIpc) is 1.82. The molecule has 0 aromatic carbocycles. The standard InChI is InChI=1S/C8H18O/c1-5-8(9-4)6-7(2)3/h7-8H,5-6H2,1-4H3. The van der Waals surface area contributed by atoms with Gasteiger partial charge in [-0.3, -0.25) is 0 Å². The van der Waals surface area contributed by atoms with E-state index < -0.39 is 0 Å². The first-order valence-corrected chi connectivity index (χ1v) is 3.73. The molecule has 0 aliphatic heterocycles. The normalized spacial score (nSPS) is 14.3. The fourth-order valence-corrected chi connectivity index (χ4v) is 0.955. The Morgan fingerprint density at radius 3 is 2.00 bits per heavy atom. The second-order valence-corrected chi connectivity index (χ2v) is 2.90. The minimum absolute atomic E-state index is 0.477. The molecule has 0 aliphatic rings. The molecule has 0 saturated heterocycles. The van der Waals surface area contributed by atoms with Gasteiger partial charge in [0.1, 0.15) is 0 Å². The highest BCUT2D eigenvalue weighted by molar-refractivity contribution is 4.56. The van der Waals surface area contributed by atoms with Gasteiger partial charge in [-0.15, -0.1) is 0 Å². The maximum absolute atomic E-state index is 5.21. The Bertz CT molecular complexity index is 55.6. The smallest absolute Gasteiger partial charge is 0.0571 e. The number of ether oxygens (including phenoxy) is 1. The summed E-state index contributed by atoms with van der Waals surface area (Å²) in [5, 5.41) is 0. The average molecular weight is 130 g/mol. The first kappa shape index (κ1) is 8.96. The van der Waals surface area contributed by atoms with Gasteiger partial charge >= 0.3 is 0 Å². The Morgan fingerprint density at radius 2 is 1.89 bits per heavy atom. The first-order valence-electron chi connectivity index (χ1n) is 3.73. The van der Waals surface area contributed by atoms with Crippen molar-refractivity contribution in [2.75, 3.05) is 7.11 Å². The highest BCUT2D eigenvalue weighted by atomic mass is 16.5. The van der Waals surface area contributed by atoms with Crippen molar-refractivity contribution < 1.29 is 4.74 Å². The third-order valence-corrected chi connectivity index (χ3v) is 1.52. The van der Waals surface area contributed by atoms with Crippen LogP contribution in [0.25, 0.3) is 0 Å². The lowest BCUT2D eigenvalue weighted by molar-refractivity contribution is 0.0815. The van der Waals surface area contributed by atoms with Gasteiger partial charge in [-0.25, -0.2) is 0 Å². The highest BCUT2D eigenvalue weighted by Crippen LogP contribution is 2.09. The second kappa shape index (κ2) is 4.80. The van der Waals surface area contributed by atoms with Crippen molar-refractivity contribution in [3.8, 4) is 0 Å². The van der Waals surface area contributed by atoms with Gasteiger partial charge < -0.3 is 4.74 Å². The van der Waals surface area contributed by atoms with Crippen molar-refractivity contribution in [1.29, 1.82) is 0 Å². The summed E-state index contributed by atoms with van der Waals surface area (Å²) in [4.78, 5) is 0. The minimum Gasteiger partial charge on any atom is -0.381 e. The van der Waals surface area contributed by atoms with Gasteiger partial charge in [0.2, 0.25) is 0 Å². The predicted octanol–water partition coefficient (Wildman–Crippen LogP) is 2.46. The molecule has 1 heteroatoms. The first-order chi connectivity index (χ1) is 4.20. The molecule has 56 valence electrons. The fraction of sp³-hybridized carbons (Fsp3) is 1.00. The van der Waals surface area contributed by atoms with Crippen LogP contribution in [0.2, 0.25) is 0 Å². The van der Waals surface area contributed by atoms with Crippen LogP contribution in [0.15, 0.2) is 0 Å². The lowest BCUT2D eigenvalue weighted by Gasteiger charge is -2.14. The number of hydrogen-bond acceptors (Lipinski definition) is 1. The fourth-order valence-electron chi connectivity index (χ4n) is 0.955. The molecule has 0 bridgehead atoms. The molecule has 1 atom stereocenters. The second-order valence-electron chi connectivity index (χ2n) is 2.90. The number of rotatable bonds is 4. The summed E-state index contributed by atoms with van der Waals surface area (Å²) in [5.74, 6) is 0.759. The van der Waals surface area contributed by atoms with E-state index >= 15 is 0 Å². The zero-order valence-corrected chi connectivity index (χ0v) is 6.98. The molecular weight excluding hydrogens is 112 g/mol. The zero-order chi connectivity index (χ0) is 7.28. The monoisotopic (exact) mass is 130 g/mol. The van der Waals surface area contributed by atoms with Crippen LogP contribution >= 0.6 is 0 Å². The van der Waals surface area contributed by atoms with E-state index in [2.05, 4.69) is 20.8 Å². The van der Waals surface area contributed by atoms with E-state index in [9.17, 15) is 0 Å². The molecule has 0 amide bonds. The summed E-state index contributed by atoms with van der Waals surface area (Å²) in [7, 11) is 1.79. The summed E-state index contributed by atoms with van der Waals surface area (Å²) in [6.45, 7) is 6.61. The van der Waals surface area contributed by atoms with Crippen molar-refractivity contribution in [3.63, 3.8) is 0 Å². The van der Waals surface area contributed by atoms with Crippen molar-refractivity contribution in [2.45, 2.75) is 39.7 Å². The predicted molar refractivity (Wildman–Crippen MR) is 40.5 cm³/mol. The lowest BCUT2D eigenvalue weighted by Crippen LogP contribution is -2.11. The van der Waals surface area contributed by atoms with E-state index in [0.29, 0.717) is 6.10 Å². The Kier molecular flexibility index (Phi) is 4.78. The molecule has 0 N–H and O–H groups in total. The van der Waals surface area contributed by atoms with E-state index in [1.165, 1.54) is 6.42 Å².